The minimum absolute atomic E-state index is 0.224. The minimum atomic E-state index is -1.11. The first-order chi connectivity index (χ1) is 18.5. The van der Waals surface area contributed by atoms with E-state index in [1.165, 1.54) is 11.1 Å². The Morgan fingerprint density at radius 3 is 2.11 bits per heavy atom. The number of aryl methyl sites for hydroxylation is 2. The molecule has 0 aromatic heterocycles. The molecule has 3 aromatic rings. The fourth-order valence-electron chi connectivity index (χ4n) is 3.99. The molecule has 6 nitrogen and oxygen atoms in total. The number of benzene rings is 3. The lowest BCUT2D eigenvalue weighted by molar-refractivity contribution is -0.140. The molecule has 0 aliphatic carbocycles. The van der Waals surface area contributed by atoms with Crippen LogP contribution in [0.25, 0.3) is 6.08 Å². The van der Waals surface area contributed by atoms with E-state index in [9.17, 15) is 9.59 Å². The van der Waals surface area contributed by atoms with Crippen LogP contribution in [0.2, 0.25) is 0 Å². The number of carboxylic acids is 1. The molecule has 0 radical (unpaired) electrons. The summed E-state index contributed by atoms with van der Waals surface area (Å²) in [5.41, 5.74) is 3.19. The summed E-state index contributed by atoms with van der Waals surface area (Å²) in [5.74, 6) is -0.248. The summed E-state index contributed by atoms with van der Waals surface area (Å²) in [6.45, 7) is 0.592. The number of thiocarbonyl (C=S) groups is 1. The van der Waals surface area contributed by atoms with Crippen molar-refractivity contribution in [1.82, 2.24) is 4.90 Å². The van der Waals surface area contributed by atoms with Crippen molar-refractivity contribution in [3.63, 3.8) is 0 Å². The van der Waals surface area contributed by atoms with E-state index < -0.39 is 18.4 Å². The molecule has 3 aromatic carbocycles. The van der Waals surface area contributed by atoms with Crippen molar-refractivity contribution in [2.45, 2.75) is 25.7 Å². The van der Waals surface area contributed by atoms with Gasteiger partial charge in [0.1, 0.15) is 22.4 Å². The summed E-state index contributed by atoms with van der Waals surface area (Å²) >= 11 is 6.33. The number of carbonyl (C=O) groups excluding carboxylic acids is 1. The van der Waals surface area contributed by atoms with E-state index in [-0.39, 0.29) is 4.32 Å². The molecule has 1 fully saturated rings. The van der Waals surface area contributed by atoms with E-state index in [0.717, 1.165) is 42.3 Å². The number of hydrogen-bond acceptors (Lipinski definition) is 6. The van der Waals surface area contributed by atoms with Gasteiger partial charge in [-0.05, 0) is 61.1 Å². The van der Waals surface area contributed by atoms with Gasteiger partial charge in [-0.15, -0.1) is 0 Å². The Hall–Kier alpha value is -3.62. The second-order valence-corrected chi connectivity index (χ2v) is 10.4. The molecule has 1 aliphatic rings. The standard InChI is InChI=1S/C30H29NO5S2/c32-28(33)21-31-29(34)27(38-30(31)37)20-24-19-25(35-17-7-13-22-9-3-1-4-10-22)15-16-26(24)36-18-8-14-23-11-5-2-6-12-23/h1-6,9-12,15-16,19-20H,7-8,13-14,17-18,21H2,(H,32,33)/b27-20-. The van der Waals surface area contributed by atoms with Gasteiger partial charge in [0.05, 0.1) is 18.1 Å². The van der Waals surface area contributed by atoms with Gasteiger partial charge in [0.25, 0.3) is 5.91 Å². The molecule has 8 heteroatoms. The molecule has 38 heavy (non-hydrogen) atoms. The van der Waals surface area contributed by atoms with Crippen LogP contribution in [0, 0.1) is 0 Å². The van der Waals surface area contributed by atoms with E-state index in [0.29, 0.717) is 35.2 Å². The first-order valence-corrected chi connectivity index (χ1v) is 13.7. The summed E-state index contributed by atoms with van der Waals surface area (Å²) < 4.78 is 12.3. The maximum absolute atomic E-state index is 12.8. The van der Waals surface area contributed by atoms with Crippen molar-refractivity contribution in [3.8, 4) is 11.5 Å². The third-order valence-electron chi connectivity index (χ3n) is 5.87. The predicted molar refractivity (Wildman–Crippen MR) is 154 cm³/mol. The van der Waals surface area contributed by atoms with Crippen molar-refractivity contribution >= 4 is 46.3 Å². The molecular formula is C30H29NO5S2. The van der Waals surface area contributed by atoms with Crippen LogP contribution in [0.5, 0.6) is 11.5 Å². The molecule has 1 aliphatic heterocycles. The highest BCUT2D eigenvalue weighted by atomic mass is 32.2. The average Bonchev–Trinajstić information content (AvgIpc) is 3.18. The van der Waals surface area contributed by atoms with Gasteiger partial charge in [0.15, 0.2) is 0 Å². The van der Waals surface area contributed by atoms with Crippen LogP contribution in [0.1, 0.15) is 29.5 Å². The molecule has 0 atom stereocenters. The summed E-state index contributed by atoms with van der Waals surface area (Å²) in [6.07, 6.45) is 5.21. The first-order valence-electron chi connectivity index (χ1n) is 12.4. The minimum Gasteiger partial charge on any atom is -0.494 e. The summed E-state index contributed by atoms with van der Waals surface area (Å²) in [7, 11) is 0. The van der Waals surface area contributed by atoms with Crippen LogP contribution in [-0.2, 0) is 22.4 Å². The highest BCUT2D eigenvalue weighted by Crippen LogP contribution is 2.35. The number of carboxylic acid groups (broad SMARTS) is 1. The fourth-order valence-corrected chi connectivity index (χ4v) is 5.23. The van der Waals surface area contributed by atoms with Gasteiger partial charge < -0.3 is 14.6 Å². The van der Waals surface area contributed by atoms with Crippen molar-refractivity contribution < 1.29 is 24.2 Å². The second-order valence-electron chi connectivity index (χ2n) is 8.74. The number of nitrogens with zero attached hydrogens (tertiary/aromatic N) is 1. The molecule has 196 valence electrons. The number of aliphatic carboxylic acids is 1. The van der Waals surface area contributed by atoms with Crippen molar-refractivity contribution in [3.05, 3.63) is 100 Å². The Labute approximate surface area is 232 Å². The van der Waals surface area contributed by atoms with E-state index in [4.69, 9.17) is 26.8 Å². The van der Waals surface area contributed by atoms with Crippen LogP contribution >= 0.6 is 24.0 Å². The van der Waals surface area contributed by atoms with Crippen LogP contribution < -0.4 is 9.47 Å². The molecule has 1 heterocycles. The quantitative estimate of drug-likeness (QED) is 0.160. The normalized spacial score (nSPS) is 14.2. The summed E-state index contributed by atoms with van der Waals surface area (Å²) in [4.78, 5) is 25.4. The largest absolute Gasteiger partial charge is 0.494 e. The number of amides is 1. The van der Waals surface area contributed by atoms with E-state index in [1.807, 2.05) is 54.6 Å². The molecule has 0 bridgehead atoms. The Kier molecular flexibility index (Phi) is 9.95. The lowest BCUT2D eigenvalue weighted by Crippen LogP contribution is -2.33. The van der Waals surface area contributed by atoms with Crippen molar-refractivity contribution in [2.75, 3.05) is 19.8 Å². The average molecular weight is 548 g/mol. The predicted octanol–water partition coefficient (Wildman–Crippen LogP) is 6.00. The number of carbonyl (C=O) groups is 2. The van der Waals surface area contributed by atoms with Crippen molar-refractivity contribution in [1.29, 1.82) is 0 Å². The first kappa shape index (κ1) is 27.4. The number of thioether (sulfide) groups is 1. The Balaban J connectivity index is 1.45. The molecule has 1 amide bonds. The number of rotatable bonds is 13. The summed E-state index contributed by atoms with van der Waals surface area (Å²) in [5, 5.41) is 9.13. The van der Waals surface area contributed by atoms with Gasteiger partial charge in [0.2, 0.25) is 0 Å². The zero-order valence-electron chi connectivity index (χ0n) is 20.9. The Morgan fingerprint density at radius 1 is 0.895 bits per heavy atom. The Morgan fingerprint density at radius 2 is 1.50 bits per heavy atom. The van der Waals surface area contributed by atoms with Crippen LogP contribution in [0.3, 0.4) is 0 Å². The zero-order chi connectivity index (χ0) is 26.7. The van der Waals surface area contributed by atoms with Gasteiger partial charge in [-0.3, -0.25) is 14.5 Å². The molecular weight excluding hydrogens is 518 g/mol. The van der Waals surface area contributed by atoms with Gasteiger partial charge >= 0.3 is 5.97 Å². The van der Waals surface area contributed by atoms with E-state index in [1.54, 1.807) is 6.08 Å². The molecule has 1 saturated heterocycles. The molecule has 0 saturated carbocycles. The second kappa shape index (κ2) is 13.8. The van der Waals surface area contributed by atoms with Crippen LogP contribution in [0.4, 0.5) is 0 Å². The van der Waals surface area contributed by atoms with Gasteiger partial charge in [-0.2, -0.15) is 0 Å². The highest BCUT2D eigenvalue weighted by molar-refractivity contribution is 8.26. The molecule has 1 N–H and O–H groups in total. The number of hydrogen-bond donors (Lipinski definition) is 1. The SMILES string of the molecule is O=C(O)CN1C(=O)/C(=C/c2cc(OCCCc3ccccc3)ccc2OCCCc2ccccc2)SC1=S. The van der Waals surface area contributed by atoms with E-state index in [2.05, 4.69) is 24.3 Å². The lowest BCUT2D eigenvalue weighted by Gasteiger charge is -2.13. The zero-order valence-corrected chi connectivity index (χ0v) is 22.5. The van der Waals surface area contributed by atoms with Gasteiger partial charge in [0, 0.05) is 5.56 Å². The molecule has 0 unspecified atom stereocenters. The lowest BCUT2D eigenvalue weighted by atomic mass is 10.1. The molecule has 4 rings (SSSR count). The van der Waals surface area contributed by atoms with Crippen LogP contribution in [0.15, 0.2) is 83.8 Å². The van der Waals surface area contributed by atoms with Crippen LogP contribution in [-0.4, -0.2) is 46.0 Å². The highest BCUT2D eigenvalue weighted by Gasteiger charge is 2.33. The fraction of sp³-hybridized carbons (Fsp3) is 0.233. The van der Waals surface area contributed by atoms with Crippen molar-refractivity contribution in [2.24, 2.45) is 0 Å². The monoisotopic (exact) mass is 547 g/mol. The molecule has 0 spiro atoms. The third kappa shape index (κ3) is 7.94. The van der Waals surface area contributed by atoms with Gasteiger partial charge in [-0.1, -0.05) is 84.6 Å². The third-order valence-corrected chi connectivity index (χ3v) is 7.24. The maximum Gasteiger partial charge on any atom is 0.323 e. The van der Waals surface area contributed by atoms with Gasteiger partial charge in [-0.25, -0.2) is 0 Å². The Bertz CT molecular complexity index is 1290. The summed E-state index contributed by atoms with van der Waals surface area (Å²) in [6, 6.07) is 26.0. The maximum atomic E-state index is 12.8. The topological polar surface area (TPSA) is 76.1 Å². The van der Waals surface area contributed by atoms with E-state index >= 15 is 0 Å². The number of ether oxygens (including phenoxy) is 2. The smallest absolute Gasteiger partial charge is 0.323 e.